The second-order valence-corrected chi connectivity index (χ2v) is 5.33. The second-order valence-electron chi connectivity index (χ2n) is 4.26. The molecule has 2 rings (SSSR count). The molecular weight excluding hydrogens is 341 g/mol. The highest BCUT2D eigenvalue weighted by Gasteiger charge is 2.07. The molecule has 0 aliphatic heterocycles. The molecule has 94 valence electrons. The number of anilines is 1. The van der Waals surface area contributed by atoms with E-state index >= 15 is 0 Å². The average molecular weight is 355 g/mol. The van der Waals surface area contributed by atoms with E-state index in [1.54, 1.807) is 0 Å². The molecule has 0 radical (unpaired) electrons. The van der Waals surface area contributed by atoms with E-state index in [1.165, 1.54) is 0 Å². The number of halogens is 1. The zero-order chi connectivity index (χ0) is 13.3. The minimum atomic E-state index is -0.0882. The van der Waals surface area contributed by atoms with E-state index in [0.29, 0.717) is 9.39 Å². The maximum absolute atomic E-state index is 11.7. The minimum absolute atomic E-state index is 0.0882. The fourth-order valence-electron chi connectivity index (χ4n) is 1.63. The Morgan fingerprint density at radius 2 is 1.83 bits per heavy atom. The van der Waals surface area contributed by atoms with Gasteiger partial charge in [-0.2, -0.15) is 0 Å². The lowest BCUT2D eigenvalue weighted by Crippen LogP contribution is -2.14. The van der Waals surface area contributed by atoms with Crippen LogP contribution in [0.3, 0.4) is 0 Å². The lowest BCUT2D eigenvalue weighted by molar-refractivity contribution is 1.05. The van der Waals surface area contributed by atoms with Crippen LogP contribution in [-0.4, -0.2) is 24.1 Å². The molecule has 0 fully saturated rings. The SMILES string of the molecule is Cc1nc(-c2ccc(N(C)C)cc2)[nH]c(=O)c1I. The number of nitrogens with zero attached hydrogens (tertiary/aromatic N) is 2. The van der Waals surface area contributed by atoms with E-state index in [9.17, 15) is 4.79 Å². The standard InChI is InChI=1S/C13H14IN3O/c1-8-11(14)13(18)16-12(15-8)9-4-6-10(7-5-9)17(2)3/h4-7H,1-3H3,(H,15,16,18). The Morgan fingerprint density at radius 3 is 2.33 bits per heavy atom. The predicted octanol–water partition coefficient (Wildman–Crippen LogP) is 2.42. The van der Waals surface area contributed by atoms with Gasteiger partial charge in [0.2, 0.25) is 0 Å². The summed E-state index contributed by atoms with van der Waals surface area (Å²) < 4.78 is 0.640. The number of hydrogen-bond acceptors (Lipinski definition) is 3. The molecule has 0 saturated heterocycles. The van der Waals surface area contributed by atoms with Crippen LogP contribution >= 0.6 is 22.6 Å². The summed E-state index contributed by atoms with van der Waals surface area (Å²) >= 11 is 2.01. The van der Waals surface area contributed by atoms with Crippen LogP contribution in [0.25, 0.3) is 11.4 Å². The van der Waals surface area contributed by atoms with Crippen LogP contribution < -0.4 is 10.5 Å². The van der Waals surface area contributed by atoms with Crippen LogP contribution in [0.2, 0.25) is 0 Å². The van der Waals surface area contributed by atoms with Crippen molar-refractivity contribution in [2.75, 3.05) is 19.0 Å². The fourth-order valence-corrected chi connectivity index (χ4v) is 1.88. The van der Waals surface area contributed by atoms with Crippen molar-refractivity contribution >= 4 is 28.3 Å². The third-order valence-electron chi connectivity index (χ3n) is 2.69. The quantitative estimate of drug-likeness (QED) is 0.842. The Hall–Kier alpha value is -1.37. The van der Waals surface area contributed by atoms with Crippen molar-refractivity contribution < 1.29 is 0 Å². The molecule has 1 heterocycles. The van der Waals surface area contributed by atoms with Crippen molar-refractivity contribution in [1.29, 1.82) is 0 Å². The molecule has 2 aromatic rings. The van der Waals surface area contributed by atoms with Gasteiger partial charge in [-0.05, 0) is 53.8 Å². The largest absolute Gasteiger partial charge is 0.378 e. The molecule has 0 unspecified atom stereocenters. The molecule has 0 spiro atoms. The van der Waals surface area contributed by atoms with E-state index in [0.717, 1.165) is 16.9 Å². The van der Waals surface area contributed by atoms with Gasteiger partial charge in [0.25, 0.3) is 5.56 Å². The number of H-pyrrole nitrogens is 1. The van der Waals surface area contributed by atoms with E-state index in [4.69, 9.17) is 0 Å². The molecule has 1 N–H and O–H groups in total. The molecule has 0 aliphatic rings. The first-order valence-corrected chi connectivity index (χ1v) is 6.61. The van der Waals surface area contributed by atoms with E-state index in [1.807, 2.05) is 72.8 Å². The van der Waals surface area contributed by atoms with Crippen LogP contribution in [0.1, 0.15) is 5.69 Å². The van der Waals surface area contributed by atoms with Gasteiger partial charge in [0.1, 0.15) is 5.82 Å². The highest BCUT2D eigenvalue weighted by molar-refractivity contribution is 14.1. The lowest BCUT2D eigenvalue weighted by atomic mass is 10.2. The van der Waals surface area contributed by atoms with Crippen LogP contribution in [0.5, 0.6) is 0 Å². The number of aromatic amines is 1. The van der Waals surface area contributed by atoms with Crippen molar-refractivity contribution in [3.8, 4) is 11.4 Å². The summed E-state index contributed by atoms with van der Waals surface area (Å²) in [4.78, 5) is 20.9. The fraction of sp³-hybridized carbons (Fsp3) is 0.231. The van der Waals surface area contributed by atoms with Gasteiger partial charge in [0, 0.05) is 25.3 Å². The first kappa shape index (κ1) is 13.1. The first-order valence-electron chi connectivity index (χ1n) is 5.53. The number of aryl methyl sites for hydroxylation is 1. The van der Waals surface area contributed by atoms with E-state index in [-0.39, 0.29) is 5.56 Å². The molecule has 0 bridgehead atoms. The van der Waals surface area contributed by atoms with Gasteiger partial charge in [0.05, 0.1) is 9.26 Å². The Morgan fingerprint density at radius 1 is 1.22 bits per heavy atom. The summed E-state index contributed by atoms with van der Waals surface area (Å²) in [5.74, 6) is 0.614. The van der Waals surface area contributed by atoms with Crippen LogP contribution in [0.4, 0.5) is 5.69 Å². The van der Waals surface area contributed by atoms with Crippen molar-refractivity contribution in [2.45, 2.75) is 6.92 Å². The molecule has 1 aromatic heterocycles. The highest BCUT2D eigenvalue weighted by Crippen LogP contribution is 2.19. The normalized spacial score (nSPS) is 10.4. The van der Waals surface area contributed by atoms with Crippen LogP contribution in [0.15, 0.2) is 29.1 Å². The summed E-state index contributed by atoms with van der Waals surface area (Å²) in [5, 5.41) is 0. The molecule has 0 saturated carbocycles. The number of nitrogens with one attached hydrogen (secondary N) is 1. The zero-order valence-electron chi connectivity index (χ0n) is 10.5. The van der Waals surface area contributed by atoms with E-state index in [2.05, 4.69) is 9.97 Å². The van der Waals surface area contributed by atoms with Crippen molar-refractivity contribution in [3.63, 3.8) is 0 Å². The second kappa shape index (κ2) is 5.09. The number of rotatable bonds is 2. The smallest absolute Gasteiger partial charge is 0.264 e. The first-order chi connectivity index (χ1) is 8.49. The van der Waals surface area contributed by atoms with Gasteiger partial charge >= 0.3 is 0 Å². The number of hydrogen-bond donors (Lipinski definition) is 1. The predicted molar refractivity (Wildman–Crippen MR) is 82.1 cm³/mol. The topological polar surface area (TPSA) is 49.0 Å². The maximum Gasteiger partial charge on any atom is 0.264 e. The van der Waals surface area contributed by atoms with Gasteiger partial charge in [-0.1, -0.05) is 0 Å². The van der Waals surface area contributed by atoms with Crippen LogP contribution in [-0.2, 0) is 0 Å². The van der Waals surface area contributed by atoms with Gasteiger partial charge in [-0.25, -0.2) is 4.98 Å². The molecule has 0 aliphatic carbocycles. The van der Waals surface area contributed by atoms with Crippen molar-refractivity contribution in [3.05, 3.63) is 43.9 Å². The van der Waals surface area contributed by atoms with E-state index < -0.39 is 0 Å². The van der Waals surface area contributed by atoms with Crippen molar-refractivity contribution in [2.24, 2.45) is 0 Å². The molecule has 5 heteroatoms. The molecule has 18 heavy (non-hydrogen) atoms. The minimum Gasteiger partial charge on any atom is -0.378 e. The average Bonchev–Trinajstić information content (AvgIpc) is 2.35. The summed E-state index contributed by atoms with van der Waals surface area (Å²) in [5.41, 5.74) is 2.70. The molecule has 1 aromatic carbocycles. The summed E-state index contributed by atoms with van der Waals surface area (Å²) in [6.07, 6.45) is 0. The van der Waals surface area contributed by atoms with Crippen molar-refractivity contribution in [1.82, 2.24) is 9.97 Å². The molecule has 4 nitrogen and oxygen atoms in total. The summed E-state index contributed by atoms with van der Waals surface area (Å²) in [7, 11) is 3.98. The Balaban J connectivity index is 2.46. The maximum atomic E-state index is 11.7. The third-order valence-corrected chi connectivity index (χ3v) is 3.96. The van der Waals surface area contributed by atoms with Gasteiger partial charge in [-0.3, -0.25) is 4.79 Å². The zero-order valence-corrected chi connectivity index (χ0v) is 12.6. The molecule has 0 atom stereocenters. The summed E-state index contributed by atoms with van der Waals surface area (Å²) in [6.45, 7) is 1.84. The Kier molecular flexibility index (Phi) is 3.70. The lowest BCUT2D eigenvalue weighted by Gasteiger charge is -2.12. The molecule has 0 amide bonds. The number of aromatic nitrogens is 2. The van der Waals surface area contributed by atoms with Gasteiger partial charge in [-0.15, -0.1) is 0 Å². The van der Waals surface area contributed by atoms with Gasteiger partial charge in [0.15, 0.2) is 0 Å². The molecular formula is C13H14IN3O. The third kappa shape index (κ3) is 2.55. The van der Waals surface area contributed by atoms with Gasteiger partial charge < -0.3 is 9.88 Å². The Labute approximate surface area is 119 Å². The highest BCUT2D eigenvalue weighted by atomic mass is 127. The monoisotopic (exact) mass is 355 g/mol. The Bertz CT molecular complexity index is 617. The summed E-state index contributed by atoms with van der Waals surface area (Å²) in [6, 6.07) is 7.92. The van der Waals surface area contributed by atoms with Crippen LogP contribution in [0, 0.1) is 10.5 Å². The number of benzene rings is 1.